The van der Waals surface area contributed by atoms with Crippen molar-refractivity contribution in [3.05, 3.63) is 35.9 Å². The van der Waals surface area contributed by atoms with Gasteiger partial charge in [-0.15, -0.1) is 0 Å². The third-order valence-electron chi connectivity index (χ3n) is 4.34. The quantitative estimate of drug-likeness (QED) is 0.842. The van der Waals surface area contributed by atoms with Gasteiger partial charge in [-0.1, -0.05) is 12.1 Å². The Bertz CT molecular complexity index is 743. The van der Waals surface area contributed by atoms with E-state index in [4.69, 9.17) is 4.74 Å². The number of hydrogen-bond acceptors (Lipinski definition) is 5. The molecule has 0 fully saturated rings. The van der Waals surface area contributed by atoms with Crippen LogP contribution in [0.5, 0.6) is 5.75 Å². The highest BCUT2D eigenvalue weighted by Gasteiger charge is 2.25. The minimum absolute atomic E-state index is 0.0308. The number of aromatic nitrogens is 3. The molecule has 1 amide bonds. The van der Waals surface area contributed by atoms with E-state index in [0.29, 0.717) is 17.9 Å². The van der Waals surface area contributed by atoms with Crippen molar-refractivity contribution in [3.63, 3.8) is 0 Å². The monoisotopic (exact) mass is 343 g/mol. The first-order chi connectivity index (χ1) is 12.1. The van der Waals surface area contributed by atoms with E-state index in [1.54, 1.807) is 7.11 Å². The first kappa shape index (κ1) is 17.4. The highest BCUT2D eigenvalue weighted by molar-refractivity contribution is 5.92. The lowest BCUT2D eigenvalue weighted by molar-refractivity contribution is -0.116. The van der Waals surface area contributed by atoms with Crippen molar-refractivity contribution < 1.29 is 9.53 Å². The molecular formula is C18H25N5O2. The highest BCUT2D eigenvalue weighted by atomic mass is 16.5. The van der Waals surface area contributed by atoms with E-state index in [0.717, 1.165) is 31.0 Å². The maximum atomic E-state index is 12.3. The summed E-state index contributed by atoms with van der Waals surface area (Å²) in [5, 5.41) is 10.9. The largest absolute Gasteiger partial charge is 0.495 e. The fourth-order valence-corrected chi connectivity index (χ4v) is 3.26. The van der Waals surface area contributed by atoms with Gasteiger partial charge in [-0.2, -0.15) is 5.10 Å². The Morgan fingerprint density at radius 3 is 3.04 bits per heavy atom. The van der Waals surface area contributed by atoms with Gasteiger partial charge in [-0.3, -0.25) is 4.79 Å². The summed E-state index contributed by atoms with van der Waals surface area (Å²) < 4.78 is 7.24. The molecule has 25 heavy (non-hydrogen) atoms. The van der Waals surface area contributed by atoms with Crippen molar-refractivity contribution in [2.45, 2.75) is 51.7 Å². The lowest BCUT2D eigenvalue weighted by atomic mass is 10.1. The number of nitrogens with zero attached hydrogens (tertiary/aromatic N) is 3. The van der Waals surface area contributed by atoms with Gasteiger partial charge in [0, 0.05) is 19.0 Å². The fraction of sp³-hybridized carbons (Fsp3) is 0.500. The van der Waals surface area contributed by atoms with Gasteiger partial charge in [-0.25, -0.2) is 9.67 Å². The van der Waals surface area contributed by atoms with Crippen LogP contribution in [0, 0.1) is 6.92 Å². The van der Waals surface area contributed by atoms with E-state index in [-0.39, 0.29) is 18.0 Å². The average molecular weight is 343 g/mol. The van der Waals surface area contributed by atoms with Gasteiger partial charge in [0.05, 0.1) is 18.8 Å². The number of para-hydroxylation sites is 2. The number of ether oxygens (including phenoxy) is 1. The zero-order chi connectivity index (χ0) is 17.8. The van der Waals surface area contributed by atoms with E-state index < -0.39 is 0 Å². The minimum Gasteiger partial charge on any atom is -0.495 e. The van der Waals surface area contributed by atoms with E-state index in [2.05, 4.69) is 20.7 Å². The van der Waals surface area contributed by atoms with Gasteiger partial charge in [0.2, 0.25) is 5.91 Å². The second-order valence-electron chi connectivity index (χ2n) is 6.46. The third-order valence-corrected chi connectivity index (χ3v) is 4.34. The maximum absolute atomic E-state index is 12.3. The van der Waals surface area contributed by atoms with Crippen molar-refractivity contribution in [1.29, 1.82) is 0 Å². The van der Waals surface area contributed by atoms with E-state index in [1.165, 1.54) is 0 Å². The number of anilines is 1. The molecule has 7 heteroatoms. The number of rotatable bonds is 6. The second kappa shape index (κ2) is 7.65. The van der Waals surface area contributed by atoms with Crippen molar-refractivity contribution in [2.24, 2.45) is 0 Å². The number of fused-ring (bicyclic) bond motifs is 1. The second-order valence-corrected chi connectivity index (χ2v) is 6.46. The molecule has 0 spiro atoms. The normalized spacial score (nSPS) is 17.6. The minimum atomic E-state index is -0.0436. The van der Waals surface area contributed by atoms with E-state index in [1.807, 2.05) is 42.8 Å². The molecular weight excluding hydrogens is 318 g/mol. The zero-order valence-corrected chi connectivity index (χ0v) is 15.0. The lowest BCUT2D eigenvalue weighted by Gasteiger charge is -2.26. The number of benzene rings is 1. The molecule has 1 aliphatic heterocycles. The predicted molar refractivity (Wildman–Crippen MR) is 95.6 cm³/mol. The van der Waals surface area contributed by atoms with Crippen LogP contribution in [-0.4, -0.2) is 33.8 Å². The van der Waals surface area contributed by atoms with Gasteiger partial charge in [-0.05, 0) is 38.8 Å². The number of hydrogen-bond donors (Lipinski definition) is 2. The molecule has 2 heterocycles. The Labute approximate surface area is 147 Å². The van der Waals surface area contributed by atoms with Gasteiger partial charge >= 0.3 is 0 Å². The molecule has 134 valence electrons. The molecule has 2 atom stereocenters. The molecule has 0 radical (unpaired) electrons. The Morgan fingerprint density at radius 1 is 1.44 bits per heavy atom. The number of methoxy groups -OCH3 is 1. The molecule has 7 nitrogen and oxygen atoms in total. The van der Waals surface area contributed by atoms with Crippen LogP contribution in [-0.2, 0) is 11.3 Å². The number of carbonyl (C=O) groups excluding carboxylic acids is 1. The summed E-state index contributed by atoms with van der Waals surface area (Å²) in [6, 6.07) is 7.58. The predicted octanol–water partition coefficient (Wildman–Crippen LogP) is 2.44. The van der Waals surface area contributed by atoms with E-state index in [9.17, 15) is 4.79 Å². The molecule has 2 aromatic rings. The molecule has 0 bridgehead atoms. The van der Waals surface area contributed by atoms with Gasteiger partial charge in [0.25, 0.3) is 0 Å². The molecule has 3 rings (SSSR count). The van der Waals surface area contributed by atoms with Crippen LogP contribution in [0.3, 0.4) is 0 Å². The molecule has 0 saturated carbocycles. The summed E-state index contributed by atoms with van der Waals surface area (Å²) in [6.45, 7) is 4.84. The van der Waals surface area contributed by atoms with Crippen molar-refractivity contribution in [3.8, 4) is 5.75 Å². The molecule has 1 aliphatic rings. The molecule has 2 unspecified atom stereocenters. The van der Waals surface area contributed by atoms with Crippen molar-refractivity contribution in [2.75, 3.05) is 12.4 Å². The van der Waals surface area contributed by atoms with Crippen LogP contribution in [0.4, 0.5) is 5.69 Å². The summed E-state index contributed by atoms with van der Waals surface area (Å²) in [5.74, 6) is 2.39. The van der Waals surface area contributed by atoms with E-state index >= 15 is 0 Å². The topological polar surface area (TPSA) is 81.1 Å². The smallest absolute Gasteiger partial charge is 0.226 e. The van der Waals surface area contributed by atoms with Crippen LogP contribution >= 0.6 is 0 Å². The van der Waals surface area contributed by atoms with Crippen LogP contribution in [0.15, 0.2) is 24.3 Å². The standard InChI is InChI=1S/C18H25N5O2/c1-12(11-17(24)21-14-7-4-5-9-16(14)25-3)19-15-8-6-10-23-18(15)20-13(2)22-23/h4-5,7,9,12,15,19H,6,8,10-11H2,1-3H3,(H,21,24). The van der Waals surface area contributed by atoms with Gasteiger partial charge < -0.3 is 15.4 Å². The van der Waals surface area contributed by atoms with Crippen molar-refractivity contribution in [1.82, 2.24) is 20.1 Å². The maximum Gasteiger partial charge on any atom is 0.226 e. The van der Waals surface area contributed by atoms with Crippen molar-refractivity contribution >= 4 is 11.6 Å². The van der Waals surface area contributed by atoms with Crippen LogP contribution in [0.2, 0.25) is 0 Å². The Balaban J connectivity index is 1.57. The SMILES string of the molecule is COc1ccccc1NC(=O)CC(C)NC1CCCn2nc(C)nc21. The first-order valence-corrected chi connectivity index (χ1v) is 8.67. The summed E-state index contributed by atoms with van der Waals surface area (Å²) in [7, 11) is 1.59. The molecule has 0 aliphatic carbocycles. The Hall–Kier alpha value is -2.41. The lowest BCUT2D eigenvalue weighted by Crippen LogP contribution is -2.37. The van der Waals surface area contributed by atoms with Crippen LogP contribution in [0.1, 0.15) is 43.9 Å². The number of carbonyl (C=O) groups is 1. The average Bonchev–Trinajstić information content (AvgIpc) is 2.96. The molecule has 1 aromatic carbocycles. The third kappa shape index (κ3) is 4.17. The van der Waals surface area contributed by atoms with Gasteiger partial charge in [0.1, 0.15) is 17.4 Å². The fourth-order valence-electron chi connectivity index (χ4n) is 3.26. The number of amides is 1. The summed E-state index contributed by atoms with van der Waals surface area (Å²) in [6.07, 6.45) is 2.45. The molecule has 0 saturated heterocycles. The summed E-state index contributed by atoms with van der Waals surface area (Å²) in [5.41, 5.74) is 0.690. The van der Waals surface area contributed by atoms with Crippen LogP contribution in [0.25, 0.3) is 0 Å². The Morgan fingerprint density at radius 2 is 2.24 bits per heavy atom. The number of aryl methyl sites for hydroxylation is 2. The number of nitrogens with one attached hydrogen (secondary N) is 2. The summed E-state index contributed by atoms with van der Waals surface area (Å²) in [4.78, 5) is 16.9. The molecule has 2 N–H and O–H groups in total. The van der Waals surface area contributed by atoms with Crippen LogP contribution < -0.4 is 15.4 Å². The molecule has 1 aromatic heterocycles. The highest BCUT2D eigenvalue weighted by Crippen LogP contribution is 2.25. The summed E-state index contributed by atoms with van der Waals surface area (Å²) >= 11 is 0. The first-order valence-electron chi connectivity index (χ1n) is 8.67. The van der Waals surface area contributed by atoms with Gasteiger partial charge in [0.15, 0.2) is 0 Å². The Kier molecular flexibility index (Phi) is 5.33. The zero-order valence-electron chi connectivity index (χ0n) is 15.0.